The number of nitro benzene ring substituents is 1. The van der Waals surface area contributed by atoms with Crippen molar-refractivity contribution < 1.29 is 9.72 Å². The summed E-state index contributed by atoms with van der Waals surface area (Å²) in [4.78, 5) is 26.0. The smallest absolute Gasteiger partial charge is 0.288 e. The first kappa shape index (κ1) is 15.0. The van der Waals surface area contributed by atoms with Crippen molar-refractivity contribution >= 4 is 23.2 Å². The Morgan fingerprint density at radius 3 is 2.95 bits per heavy atom. The molecule has 2 aromatic rings. The standard InChI is InChI=1S/C13H13ClN4O3/c14-12-10(3-1-4-11(12)18(20)21)13(19)16-5-2-7-17-8-6-15-9-17/h1,3-4,6,8-9H,2,5,7H2,(H,16,19). The second-order valence-electron chi connectivity index (χ2n) is 4.31. The predicted molar refractivity (Wildman–Crippen MR) is 77.3 cm³/mol. The summed E-state index contributed by atoms with van der Waals surface area (Å²) < 4.78 is 1.90. The molecule has 0 bridgehead atoms. The van der Waals surface area contributed by atoms with Gasteiger partial charge in [-0.15, -0.1) is 0 Å². The topological polar surface area (TPSA) is 90.1 Å². The molecule has 0 fully saturated rings. The second kappa shape index (κ2) is 6.85. The summed E-state index contributed by atoms with van der Waals surface area (Å²) in [5.74, 6) is -0.422. The van der Waals surface area contributed by atoms with E-state index in [0.717, 1.165) is 6.54 Å². The lowest BCUT2D eigenvalue weighted by atomic mass is 10.2. The van der Waals surface area contributed by atoms with Gasteiger partial charge in [0.1, 0.15) is 5.02 Å². The largest absolute Gasteiger partial charge is 0.352 e. The number of nitrogens with zero attached hydrogens (tertiary/aromatic N) is 3. The molecule has 0 aliphatic carbocycles. The molecule has 1 N–H and O–H groups in total. The van der Waals surface area contributed by atoms with Crippen molar-refractivity contribution in [3.8, 4) is 0 Å². The first-order valence-corrected chi connectivity index (χ1v) is 6.64. The minimum Gasteiger partial charge on any atom is -0.352 e. The third-order valence-corrected chi connectivity index (χ3v) is 3.25. The second-order valence-corrected chi connectivity index (χ2v) is 4.68. The van der Waals surface area contributed by atoms with Crippen LogP contribution in [-0.2, 0) is 6.54 Å². The van der Waals surface area contributed by atoms with Gasteiger partial charge < -0.3 is 9.88 Å². The van der Waals surface area contributed by atoms with Crippen LogP contribution in [-0.4, -0.2) is 26.9 Å². The fourth-order valence-corrected chi connectivity index (χ4v) is 2.09. The molecule has 1 aromatic carbocycles. The van der Waals surface area contributed by atoms with Crippen LogP contribution < -0.4 is 5.32 Å². The summed E-state index contributed by atoms with van der Waals surface area (Å²) >= 11 is 5.88. The molecule has 7 nitrogen and oxygen atoms in total. The van der Waals surface area contributed by atoms with Crippen LogP contribution in [0.25, 0.3) is 0 Å². The number of nitrogens with one attached hydrogen (secondary N) is 1. The highest BCUT2D eigenvalue weighted by molar-refractivity contribution is 6.35. The number of aromatic nitrogens is 2. The molecule has 0 atom stereocenters. The number of imidazole rings is 1. The van der Waals surface area contributed by atoms with Crippen molar-refractivity contribution in [2.75, 3.05) is 6.54 Å². The summed E-state index contributed by atoms with van der Waals surface area (Å²) in [6, 6.07) is 4.16. The summed E-state index contributed by atoms with van der Waals surface area (Å²) in [5, 5.41) is 13.3. The van der Waals surface area contributed by atoms with Crippen molar-refractivity contribution in [1.29, 1.82) is 0 Å². The lowest BCUT2D eigenvalue weighted by Gasteiger charge is -2.07. The van der Waals surface area contributed by atoms with Gasteiger partial charge in [-0.2, -0.15) is 0 Å². The number of hydrogen-bond acceptors (Lipinski definition) is 4. The molecule has 1 amide bonds. The van der Waals surface area contributed by atoms with Crippen LogP contribution in [0.15, 0.2) is 36.9 Å². The molecule has 0 aliphatic rings. The molecule has 21 heavy (non-hydrogen) atoms. The van der Waals surface area contributed by atoms with Gasteiger partial charge in [-0.3, -0.25) is 14.9 Å². The summed E-state index contributed by atoms with van der Waals surface area (Å²) in [6.45, 7) is 1.17. The van der Waals surface area contributed by atoms with E-state index in [2.05, 4.69) is 10.3 Å². The van der Waals surface area contributed by atoms with Crippen LogP contribution in [0.5, 0.6) is 0 Å². The molecule has 0 aliphatic heterocycles. The van der Waals surface area contributed by atoms with Crippen LogP contribution in [0.2, 0.25) is 5.02 Å². The van der Waals surface area contributed by atoms with Crippen molar-refractivity contribution in [2.45, 2.75) is 13.0 Å². The minimum absolute atomic E-state index is 0.105. The van der Waals surface area contributed by atoms with Gasteiger partial charge in [-0.05, 0) is 12.5 Å². The van der Waals surface area contributed by atoms with Crippen molar-refractivity contribution in [1.82, 2.24) is 14.9 Å². The Morgan fingerprint density at radius 1 is 1.48 bits per heavy atom. The Balaban J connectivity index is 1.91. The quantitative estimate of drug-likeness (QED) is 0.503. The average molecular weight is 309 g/mol. The summed E-state index contributed by atoms with van der Waals surface area (Å²) in [5.41, 5.74) is -0.170. The van der Waals surface area contributed by atoms with Crippen molar-refractivity contribution in [3.63, 3.8) is 0 Å². The maximum atomic E-state index is 12.0. The van der Waals surface area contributed by atoms with E-state index in [-0.39, 0.29) is 16.3 Å². The van der Waals surface area contributed by atoms with Gasteiger partial charge in [0.15, 0.2) is 0 Å². The third-order valence-electron chi connectivity index (χ3n) is 2.86. The highest BCUT2D eigenvalue weighted by Gasteiger charge is 2.19. The number of aryl methyl sites for hydroxylation is 1. The van der Waals surface area contributed by atoms with Crippen molar-refractivity contribution in [3.05, 3.63) is 57.6 Å². The van der Waals surface area contributed by atoms with E-state index in [9.17, 15) is 14.9 Å². The van der Waals surface area contributed by atoms with Crippen LogP contribution in [0, 0.1) is 10.1 Å². The lowest BCUT2D eigenvalue weighted by molar-refractivity contribution is -0.384. The number of benzene rings is 1. The molecule has 8 heteroatoms. The van der Waals surface area contributed by atoms with Gasteiger partial charge in [-0.1, -0.05) is 17.7 Å². The highest BCUT2D eigenvalue weighted by Crippen LogP contribution is 2.27. The maximum Gasteiger partial charge on any atom is 0.288 e. The molecular formula is C13H13ClN4O3. The van der Waals surface area contributed by atoms with E-state index >= 15 is 0 Å². The number of carbonyl (C=O) groups excluding carboxylic acids is 1. The Bertz CT molecular complexity index is 643. The number of carbonyl (C=O) groups is 1. The average Bonchev–Trinajstić information content (AvgIpc) is 2.96. The molecular weight excluding hydrogens is 296 g/mol. The van der Waals surface area contributed by atoms with E-state index in [4.69, 9.17) is 11.6 Å². The minimum atomic E-state index is -0.613. The number of rotatable bonds is 6. The van der Waals surface area contributed by atoms with Crippen LogP contribution >= 0.6 is 11.6 Å². The molecule has 2 rings (SSSR count). The third kappa shape index (κ3) is 3.79. The predicted octanol–water partition coefficient (Wildman–Crippen LogP) is 2.26. The Labute approximate surface area is 125 Å². The van der Waals surface area contributed by atoms with E-state index in [1.165, 1.54) is 18.2 Å². The molecule has 1 aromatic heterocycles. The molecule has 0 saturated carbocycles. The van der Waals surface area contributed by atoms with Crippen molar-refractivity contribution in [2.24, 2.45) is 0 Å². The summed E-state index contributed by atoms with van der Waals surface area (Å²) in [7, 11) is 0. The van der Waals surface area contributed by atoms with Crippen LogP contribution in [0.3, 0.4) is 0 Å². The zero-order valence-corrected chi connectivity index (χ0v) is 11.8. The number of halogens is 1. The molecule has 110 valence electrons. The van der Waals surface area contributed by atoms with Crippen LogP contribution in [0.1, 0.15) is 16.8 Å². The highest BCUT2D eigenvalue weighted by atomic mass is 35.5. The number of nitro groups is 1. The molecule has 1 heterocycles. The Kier molecular flexibility index (Phi) is 4.89. The van der Waals surface area contributed by atoms with E-state index in [1.807, 2.05) is 10.8 Å². The van der Waals surface area contributed by atoms with Gasteiger partial charge in [0.25, 0.3) is 11.6 Å². The van der Waals surface area contributed by atoms with E-state index < -0.39 is 10.8 Å². The fourth-order valence-electron chi connectivity index (χ4n) is 1.81. The van der Waals surface area contributed by atoms with E-state index in [1.54, 1.807) is 12.5 Å². The fraction of sp³-hybridized carbons (Fsp3) is 0.231. The number of amides is 1. The molecule has 0 unspecified atom stereocenters. The monoisotopic (exact) mass is 308 g/mol. The first-order valence-electron chi connectivity index (χ1n) is 6.26. The maximum absolute atomic E-state index is 12.0. The molecule has 0 spiro atoms. The van der Waals surface area contributed by atoms with Gasteiger partial charge in [0, 0.05) is 31.5 Å². The Hall–Kier alpha value is -2.41. The van der Waals surface area contributed by atoms with Gasteiger partial charge in [0.2, 0.25) is 0 Å². The number of hydrogen-bond donors (Lipinski definition) is 1. The first-order chi connectivity index (χ1) is 10.1. The Morgan fingerprint density at radius 2 is 2.29 bits per heavy atom. The van der Waals surface area contributed by atoms with Gasteiger partial charge in [-0.25, -0.2) is 4.98 Å². The van der Waals surface area contributed by atoms with Gasteiger partial charge >= 0.3 is 0 Å². The zero-order valence-electron chi connectivity index (χ0n) is 11.0. The van der Waals surface area contributed by atoms with Gasteiger partial charge in [0.05, 0.1) is 16.8 Å². The normalized spacial score (nSPS) is 10.3. The van der Waals surface area contributed by atoms with Crippen LogP contribution in [0.4, 0.5) is 5.69 Å². The lowest BCUT2D eigenvalue weighted by Crippen LogP contribution is -2.25. The van der Waals surface area contributed by atoms with E-state index in [0.29, 0.717) is 13.0 Å². The SMILES string of the molecule is O=C(NCCCn1ccnc1)c1cccc([N+](=O)[O-])c1Cl. The molecule has 0 saturated heterocycles. The zero-order chi connectivity index (χ0) is 15.2. The summed E-state index contributed by atoms with van der Waals surface area (Å²) in [6.07, 6.45) is 5.93. The molecule has 0 radical (unpaired) electrons.